The maximum absolute atomic E-state index is 5.68. The van der Waals surface area contributed by atoms with Gasteiger partial charge >= 0.3 is 0 Å². The monoisotopic (exact) mass is 242 g/mol. The van der Waals surface area contributed by atoms with Crippen LogP contribution in [-0.2, 0) is 6.61 Å². The lowest BCUT2D eigenvalue weighted by Gasteiger charge is -2.08. The van der Waals surface area contributed by atoms with E-state index in [4.69, 9.17) is 4.74 Å². The molecule has 2 aromatic rings. The first-order valence-electron chi connectivity index (χ1n) is 6.24. The van der Waals surface area contributed by atoms with E-state index in [2.05, 4.69) is 17.2 Å². The Balaban J connectivity index is 1.86. The summed E-state index contributed by atoms with van der Waals surface area (Å²) in [6, 6.07) is 12.0. The summed E-state index contributed by atoms with van der Waals surface area (Å²) in [7, 11) is 0. The van der Waals surface area contributed by atoms with Crippen molar-refractivity contribution < 1.29 is 4.74 Å². The number of ether oxygens (including phenoxy) is 1. The normalized spacial score (nSPS) is 10.1. The van der Waals surface area contributed by atoms with Crippen molar-refractivity contribution in [3.8, 4) is 5.75 Å². The van der Waals surface area contributed by atoms with Crippen LogP contribution in [0.15, 0.2) is 48.8 Å². The molecular formula is C15H18N2O. The topological polar surface area (TPSA) is 34.1 Å². The predicted octanol–water partition coefficient (Wildman–Crippen LogP) is 3.48. The van der Waals surface area contributed by atoms with Gasteiger partial charge in [-0.1, -0.05) is 13.0 Å². The molecule has 0 fully saturated rings. The van der Waals surface area contributed by atoms with Gasteiger partial charge in [-0.15, -0.1) is 0 Å². The highest BCUT2D eigenvalue weighted by atomic mass is 16.5. The fraction of sp³-hybridized carbons (Fsp3) is 0.267. The molecule has 94 valence electrons. The van der Waals surface area contributed by atoms with Gasteiger partial charge in [0.2, 0.25) is 0 Å². The third-order valence-electron chi connectivity index (χ3n) is 2.56. The van der Waals surface area contributed by atoms with Crippen LogP contribution in [0.2, 0.25) is 0 Å². The fourth-order valence-electron chi connectivity index (χ4n) is 1.59. The van der Waals surface area contributed by atoms with E-state index in [1.54, 1.807) is 6.20 Å². The lowest BCUT2D eigenvalue weighted by atomic mass is 10.3. The van der Waals surface area contributed by atoms with Gasteiger partial charge in [-0.05, 0) is 36.8 Å². The molecule has 3 heteroatoms. The first-order valence-corrected chi connectivity index (χ1v) is 6.24. The summed E-state index contributed by atoms with van der Waals surface area (Å²) in [5.74, 6) is 0.876. The zero-order valence-corrected chi connectivity index (χ0v) is 10.6. The number of hydrogen-bond acceptors (Lipinski definition) is 3. The Morgan fingerprint density at radius 1 is 1.17 bits per heavy atom. The standard InChI is InChI=1S/C15H18N2O/c1-2-9-17-14-5-7-15(8-6-14)18-12-13-4-3-10-16-11-13/h3-8,10-11,17H,2,9,12H2,1H3. The summed E-state index contributed by atoms with van der Waals surface area (Å²) < 4.78 is 5.68. The van der Waals surface area contributed by atoms with Crippen LogP contribution in [0.5, 0.6) is 5.75 Å². The highest BCUT2D eigenvalue weighted by Crippen LogP contribution is 2.16. The zero-order valence-electron chi connectivity index (χ0n) is 10.6. The minimum Gasteiger partial charge on any atom is -0.489 e. The van der Waals surface area contributed by atoms with Gasteiger partial charge in [0.1, 0.15) is 12.4 Å². The van der Waals surface area contributed by atoms with E-state index >= 15 is 0 Å². The van der Waals surface area contributed by atoms with Crippen molar-refractivity contribution in [1.82, 2.24) is 4.98 Å². The first kappa shape index (κ1) is 12.4. The number of pyridine rings is 1. The summed E-state index contributed by atoms with van der Waals surface area (Å²) in [6.07, 6.45) is 4.70. The smallest absolute Gasteiger partial charge is 0.119 e. The van der Waals surface area contributed by atoms with Crippen LogP contribution >= 0.6 is 0 Å². The lowest BCUT2D eigenvalue weighted by Crippen LogP contribution is -1.99. The Morgan fingerprint density at radius 2 is 2.00 bits per heavy atom. The zero-order chi connectivity index (χ0) is 12.6. The second kappa shape index (κ2) is 6.64. The molecule has 0 spiro atoms. The third-order valence-corrected chi connectivity index (χ3v) is 2.56. The van der Waals surface area contributed by atoms with Gasteiger partial charge in [0.25, 0.3) is 0 Å². The van der Waals surface area contributed by atoms with Gasteiger partial charge < -0.3 is 10.1 Å². The molecule has 0 radical (unpaired) electrons. The highest BCUT2D eigenvalue weighted by Gasteiger charge is 1.96. The molecule has 0 aliphatic rings. The van der Waals surface area contributed by atoms with E-state index in [1.165, 1.54) is 0 Å². The van der Waals surface area contributed by atoms with E-state index in [9.17, 15) is 0 Å². The van der Waals surface area contributed by atoms with Gasteiger partial charge in [-0.3, -0.25) is 4.98 Å². The van der Waals surface area contributed by atoms with Gasteiger partial charge in [0, 0.05) is 30.2 Å². The maximum Gasteiger partial charge on any atom is 0.119 e. The molecule has 1 heterocycles. The number of nitrogens with zero attached hydrogens (tertiary/aromatic N) is 1. The van der Waals surface area contributed by atoms with Crippen LogP contribution in [0.1, 0.15) is 18.9 Å². The van der Waals surface area contributed by atoms with Gasteiger partial charge in [-0.25, -0.2) is 0 Å². The molecule has 0 unspecified atom stereocenters. The van der Waals surface area contributed by atoms with E-state index in [-0.39, 0.29) is 0 Å². The fourth-order valence-corrected chi connectivity index (χ4v) is 1.59. The molecule has 0 saturated heterocycles. The molecule has 1 aromatic heterocycles. The minimum absolute atomic E-state index is 0.551. The van der Waals surface area contributed by atoms with Crippen molar-refractivity contribution >= 4 is 5.69 Å². The van der Waals surface area contributed by atoms with Gasteiger partial charge in [-0.2, -0.15) is 0 Å². The number of nitrogens with one attached hydrogen (secondary N) is 1. The summed E-state index contributed by atoms with van der Waals surface area (Å²) in [6.45, 7) is 3.70. The summed E-state index contributed by atoms with van der Waals surface area (Å²) in [5.41, 5.74) is 2.20. The Morgan fingerprint density at radius 3 is 2.67 bits per heavy atom. The molecular weight excluding hydrogens is 224 g/mol. The summed E-state index contributed by atoms with van der Waals surface area (Å²) in [4.78, 5) is 4.05. The molecule has 0 amide bonds. The Labute approximate surface area is 108 Å². The first-order chi connectivity index (χ1) is 8.88. The number of hydrogen-bond donors (Lipinski definition) is 1. The average molecular weight is 242 g/mol. The predicted molar refractivity (Wildman–Crippen MR) is 73.8 cm³/mol. The maximum atomic E-state index is 5.68. The Kier molecular flexibility index (Phi) is 4.59. The second-order valence-electron chi connectivity index (χ2n) is 4.10. The SMILES string of the molecule is CCCNc1ccc(OCc2cccnc2)cc1. The molecule has 1 aromatic carbocycles. The van der Waals surface area contributed by atoms with E-state index in [0.29, 0.717) is 6.61 Å². The second-order valence-corrected chi connectivity index (χ2v) is 4.10. The molecule has 2 rings (SSSR count). The number of aromatic nitrogens is 1. The van der Waals surface area contributed by atoms with E-state index in [1.807, 2.05) is 42.6 Å². The average Bonchev–Trinajstić information content (AvgIpc) is 2.45. The van der Waals surface area contributed by atoms with Gasteiger partial charge in [0.05, 0.1) is 0 Å². The van der Waals surface area contributed by atoms with Crippen LogP contribution in [0.25, 0.3) is 0 Å². The van der Waals surface area contributed by atoms with Crippen molar-refractivity contribution in [2.24, 2.45) is 0 Å². The summed E-state index contributed by atoms with van der Waals surface area (Å²) >= 11 is 0. The minimum atomic E-state index is 0.551. The molecule has 0 aliphatic heterocycles. The van der Waals surface area contributed by atoms with Crippen LogP contribution in [0.3, 0.4) is 0 Å². The Hall–Kier alpha value is -2.03. The van der Waals surface area contributed by atoms with Crippen molar-refractivity contribution in [1.29, 1.82) is 0 Å². The van der Waals surface area contributed by atoms with Gasteiger partial charge in [0.15, 0.2) is 0 Å². The van der Waals surface area contributed by atoms with Crippen molar-refractivity contribution in [2.75, 3.05) is 11.9 Å². The molecule has 0 saturated carbocycles. The molecule has 18 heavy (non-hydrogen) atoms. The molecule has 0 atom stereocenters. The van der Waals surface area contributed by atoms with Crippen molar-refractivity contribution in [3.05, 3.63) is 54.4 Å². The third kappa shape index (κ3) is 3.77. The lowest BCUT2D eigenvalue weighted by molar-refractivity contribution is 0.306. The van der Waals surface area contributed by atoms with E-state index < -0.39 is 0 Å². The van der Waals surface area contributed by atoms with E-state index in [0.717, 1.165) is 30.0 Å². The van der Waals surface area contributed by atoms with Crippen LogP contribution < -0.4 is 10.1 Å². The van der Waals surface area contributed by atoms with Crippen molar-refractivity contribution in [2.45, 2.75) is 20.0 Å². The number of rotatable bonds is 6. The van der Waals surface area contributed by atoms with Crippen molar-refractivity contribution in [3.63, 3.8) is 0 Å². The molecule has 0 aliphatic carbocycles. The summed E-state index contributed by atoms with van der Waals surface area (Å²) in [5, 5.41) is 3.33. The highest BCUT2D eigenvalue weighted by molar-refractivity contribution is 5.46. The molecule has 3 nitrogen and oxygen atoms in total. The Bertz CT molecular complexity index is 454. The number of anilines is 1. The van der Waals surface area contributed by atoms with Crippen LogP contribution in [-0.4, -0.2) is 11.5 Å². The van der Waals surface area contributed by atoms with Crippen LogP contribution in [0.4, 0.5) is 5.69 Å². The largest absolute Gasteiger partial charge is 0.489 e. The van der Waals surface area contributed by atoms with Crippen LogP contribution in [0, 0.1) is 0 Å². The molecule has 1 N–H and O–H groups in total. The quantitative estimate of drug-likeness (QED) is 0.842. The number of benzene rings is 1. The molecule has 0 bridgehead atoms.